The SMILES string of the molecule is CCC(CC)([SiH](C)OC(C)(C)[Si](C)(C)C)C(C)(C)O[Si](C)(C)C(C)(CC)O[Si](C)(C)C. The molecule has 0 aromatic heterocycles. The molecule has 188 valence electrons. The molecule has 0 rings (SSSR count). The van der Waals surface area contributed by atoms with Crippen molar-refractivity contribution in [3.8, 4) is 0 Å². The van der Waals surface area contributed by atoms with Crippen LogP contribution in [0.5, 0.6) is 0 Å². The van der Waals surface area contributed by atoms with Crippen LogP contribution < -0.4 is 0 Å². The number of rotatable bonds is 13. The van der Waals surface area contributed by atoms with Gasteiger partial charge in [0, 0.05) is 10.3 Å². The van der Waals surface area contributed by atoms with Crippen LogP contribution in [0.3, 0.4) is 0 Å². The lowest BCUT2D eigenvalue weighted by Gasteiger charge is -2.56. The first-order chi connectivity index (χ1) is 13.5. The van der Waals surface area contributed by atoms with Crippen molar-refractivity contribution in [2.45, 2.75) is 155 Å². The van der Waals surface area contributed by atoms with Crippen molar-refractivity contribution in [2.24, 2.45) is 0 Å². The molecule has 0 heterocycles. The quantitative estimate of drug-likeness (QED) is 0.236. The second kappa shape index (κ2) is 10.2. The van der Waals surface area contributed by atoms with Crippen LogP contribution in [-0.2, 0) is 13.3 Å². The van der Waals surface area contributed by atoms with Crippen LogP contribution in [0, 0.1) is 0 Å². The highest BCUT2D eigenvalue weighted by Gasteiger charge is 2.56. The van der Waals surface area contributed by atoms with Crippen molar-refractivity contribution in [3.05, 3.63) is 0 Å². The smallest absolute Gasteiger partial charge is 0.217 e. The summed E-state index contributed by atoms with van der Waals surface area (Å²) in [6.07, 6.45) is 3.17. The normalized spacial score (nSPS) is 18.1. The molecule has 0 aromatic rings. The molecule has 0 saturated heterocycles. The lowest BCUT2D eigenvalue weighted by Crippen LogP contribution is -2.65. The Morgan fingerprint density at radius 3 is 1.39 bits per heavy atom. The molecule has 0 amide bonds. The second-order valence-electron chi connectivity index (χ2n) is 13.3. The van der Waals surface area contributed by atoms with Crippen molar-refractivity contribution in [1.82, 2.24) is 0 Å². The summed E-state index contributed by atoms with van der Waals surface area (Å²) in [6, 6.07) is 0. The standard InChI is InChI=1S/C24H58O3Si4/c1-18-23(8,27-30(13,14)15)31(16,17)26-21(4,5)24(19-2,20-3)28(9)25-22(6,7)29(10,11)12/h28H,18-20H2,1-17H3. The maximum atomic E-state index is 7.30. The monoisotopic (exact) mass is 506 g/mol. The third kappa shape index (κ3) is 7.12. The van der Waals surface area contributed by atoms with E-state index in [-0.39, 0.29) is 21.1 Å². The van der Waals surface area contributed by atoms with Gasteiger partial charge >= 0.3 is 0 Å². The fourth-order valence-electron chi connectivity index (χ4n) is 5.04. The summed E-state index contributed by atoms with van der Waals surface area (Å²) in [5, 5.41) is -0.149. The maximum absolute atomic E-state index is 7.30. The molecule has 0 spiro atoms. The minimum Gasteiger partial charge on any atom is -0.417 e. The zero-order chi connectivity index (χ0) is 25.3. The molecule has 0 fully saturated rings. The summed E-state index contributed by atoms with van der Waals surface area (Å²) in [5.74, 6) is 0. The Morgan fingerprint density at radius 1 is 0.677 bits per heavy atom. The van der Waals surface area contributed by atoms with Crippen LogP contribution in [0.2, 0.25) is 64.0 Å². The van der Waals surface area contributed by atoms with Crippen LogP contribution in [0.15, 0.2) is 0 Å². The Labute approximate surface area is 201 Å². The molecule has 0 aliphatic carbocycles. The average Bonchev–Trinajstić information content (AvgIpc) is 2.51. The zero-order valence-electron chi connectivity index (χ0n) is 24.4. The molecule has 2 unspecified atom stereocenters. The van der Waals surface area contributed by atoms with Gasteiger partial charge in [0.15, 0.2) is 17.4 Å². The fourth-order valence-corrected chi connectivity index (χ4v) is 16.3. The molecule has 31 heavy (non-hydrogen) atoms. The lowest BCUT2D eigenvalue weighted by molar-refractivity contribution is 0.00168. The summed E-state index contributed by atoms with van der Waals surface area (Å²) >= 11 is 0. The third-order valence-electron chi connectivity index (χ3n) is 8.51. The van der Waals surface area contributed by atoms with Gasteiger partial charge in [-0.05, 0) is 93.2 Å². The third-order valence-corrected chi connectivity index (χ3v) is 21.8. The summed E-state index contributed by atoms with van der Waals surface area (Å²) in [4.78, 5) is 0. The predicted octanol–water partition coefficient (Wildman–Crippen LogP) is 8.13. The first kappa shape index (κ1) is 31.7. The minimum absolute atomic E-state index is 0.0316. The number of hydrogen-bond donors (Lipinski definition) is 0. The van der Waals surface area contributed by atoms with Gasteiger partial charge < -0.3 is 13.3 Å². The molecule has 0 bridgehead atoms. The highest BCUT2D eigenvalue weighted by Crippen LogP contribution is 2.53. The summed E-state index contributed by atoms with van der Waals surface area (Å²) < 4.78 is 21.2. The summed E-state index contributed by atoms with van der Waals surface area (Å²) in [7, 11) is -6.94. The highest BCUT2D eigenvalue weighted by atomic mass is 28.4. The van der Waals surface area contributed by atoms with Crippen molar-refractivity contribution in [3.63, 3.8) is 0 Å². The van der Waals surface area contributed by atoms with E-state index in [1.165, 1.54) is 0 Å². The topological polar surface area (TPSA) is 27.7 Å². The van der Waals surface area contributed by atoms with Crippen molar-refractivity contribution in [2.75, 3.05) is 0 Å². The predicted molar refractivity (Wildman–Crippen MR) is 151 cm³/mol. The molecule has 0 aliphatic rings. The molecule has 0 N–H and O–H groups in total. The second-order valence-corrected chi connectivity index (χ2v) is 30.3. The first-order valence-corrected chi connectivity index (χ1v) is 24.6. The molecular formula is C24H58O3Si4. The molecule has 0 aliphatic heterocycles. The van der Waals surface area contributed by atoms with Gasteiger partial charge in [0.25, 0.3) is 0 Å². The highest BCUT2D eigenvalue weighted by molar-refractivity contribution is 6.79. The van der Waals surface area contributed by atoms with Gasteiger partial charge in [-0.2, -0.15) is 0 Å². The Kier molecular flexibility index (Phi) is 10.4. The van der Waals surface area contributed by atoms with E-state index < -0.39 is 33.7 Å². The average molecular weight is 507 g/mol. The van der Waals surface area contributed by atoms with Gasteiger partial charge in [-0.1, -0.05) is 40.4 Å². The van der Waals surface area contributed by atoms with E-state index in [0.717, 1.165) is 19.3 Å². The summed E-state index contributed by atoms with van der Waals surface area (Å²) in [6.45, 7) is 39.9. The van der Waals surface area contributed by atoms with Gasteiger partial charge in [0.2, 0.25) is 8.32 Å². The molecule has 7 heteroatoms. The molecule has 0 saturated carbocycles. The van der Waals surface area contributed by atoms with E-state index in [4.69, 9.17) is 13.3 Å². The zero-order valence-corrected chi connectivity index (χ0v) is 28.6. The van der Waals surface area contributed by atoms with Gasteiger partial charge in [0.1, 0.15) is 0 Å². The molecule has 0 radical (unpaired) electrons. The Bertz CT molecular complexity index is 572. The Balaban J connectivity index is 6.19. The molecule has 2 atom stereocenters. The van der Waals surface area contributed by atoms with Gasteiger partial charge in [-0.25, -0.2) is 0 Å². The van der Waals surface area contributed by atoms with E-state index in [9.17, 15) is 0 Å². The van der Waals surface area contributed by atoms with Crippen LogP contribution >= 0.6 is 0 Å². The van der Waals surface area contributed by atoms with Crippen LogP contribution in [-0.4, -0.2) is 49.8 Å². The molecule has 3 nitrogen and oxygen atoms in total. The maximum Gasteiger partial charge on any atom is 0.217 e. The Hall–Kier alpha value is 0.748. The lowest BCUT2D eigenvalue weighted by atomic mass is 9.85. The summed E-state index contributed by atoms with van der Waals surface area (Å²) in [5.41, 5.74) is -0.257. The van der Waals surface area contributed by atoms with Crippen molar-refractivity contribution >= 4 is 33.7 Å². The van der Waals surface area contributed by atoms with E-state index in [2.05, 4.69) is 114 Å². The van der Waals surface area contributed by atoms with Crippen molar-refractivity contribution < 1.29 is 13.3 Å². The van der Waals surface area contributed by atoms with E-state index in [1.807, 2.05) is 0 Å². The van der Waals surface area contributed by atoms with E-state index in [0.29, 0.717) is 0 Å². The largest absolute Gasteiger partial charge is 0.417 e. The van der Waals surface area contributed by atoms with Crippen LogP contribution in [0.25, 0.3) is 0 Å². The molecule has 0 aromatic carbocycles. The Morgan fingerprint density at radius 2 is 1.10 bits per heavy atom. The number of hydrogen-bond acceptors (Lipinski definition) is 3. The molecular weight excluding hydrogens is 449 g/mol. The fraction of sp³-hybridized carbons (Fsp3) is 1.00. The van der Waals surface area contributed by atoms with E-state index in [1.54, 1.807) is 0 Å². The van der Waals surface area contributed by atoms with Gasteiger partial charge in [0.05, 0.1) is 18.9 Å². The first-order valence-electron chi connectivity index (χ1n) is 12.6. The van der Waals surface area contributed by atoms with Crippen LogP contribution in [0.1, 0.15) is 74.7 Å². The minimum atomic E-state index is -2.20. The van der Waals surface area contributed by atoms with Gasteiger partial charge in [-0.3, -0.25) is 0 Å². The van der Waals surface area contributed by atoms with Gasteiger partial charge in [-0.15, -0.1) is 0 Å². The van der Waals surface area contributed by atoms with Crippen molar-refractivity contribution in [1.29, 1.82) is 0 Å². The van der Waals surface area contributed by atoms with E-state index >= 15 is 0 Å². The van der Waals surface area contributed by atoms with Crippen LogP contribution in [0.4, 0.5) is 0 Å².